The van der Waals surface area contributed by atoms with Gasteiger partial charge in [0.15, 0.2) is 0 Å². The van der Waals surface area contributed by atoms with E-state index in [0.29, 0.717) is 43.3 Å². The first kappa shape index (κ1) is 19.6. The van der Waals surface area contributed by atoms with E-state index in [4.69, 9.17) is 11.6 Å². The van der Waals surface area contributed by atoms with E-state index in [0.717, 1.165) is 0 Å². The van der Waals surface area contributed by atoms with Crippen LogP contribution in [-0.2, 0) is 0 Å². The molecule has 0 aromatic heterocycles. The van der Waals surface area contributed by atoms with E-state index in [9.17, 15) is 19.7 Å². The highest BCUT2D eigenvalue weighted by molar-refractivity contribution is 6.30. The monoisotopic (exact) mass is 402 g/mol. The molecule has 146 valence electrons. The Morgan fingerprint density at radius 2 is 1.61 bits per heavy atom. The summed E-state index contributed by atoms with van der Waals surface area (Å²) in [5, 5.41) is 14.6. The van der Waals surface area contributed by atoms with Crippen molar-refractivity contribution < 1.29 is 14.5 Å². The molecule has 1 N–H and O–H groups in total. The number of benzene rings is 2. The van der Waals surface area contributed by atoms with Crippen molar-refractivity contribution in [3.63, 3.8) is 0 Å². The number of carbonyl (C=O) groups is 2. The molecule has 0 unspecified atom stereocenters. The molecular formula is C19H19ClN4O4. The maximum atomic E-state index is 12.8. The van der Waals surface area contributed by atoms with Crippen LogP contribution in [0.1, 0.15) is 16.8 Å². The van der Waals surface area contributed by atoms with Crippen LogP contribution in [0.4, 0.5) is 16.2 Å². The molecule has 9 heteroatoms. The first-order valence-electron chi connectivity index (χ1n) is 8.80. The first-order chi connectivity index (χ1) is 13.5. The molecule has 28 heavy (non-hydrogen) atoms. The van der Waals surface area contributed by atoms with Gasteiger partial charge >= 0.3 is 6.03 Å². The Labute approximate surface area is 166 Å². The Kier molecular flexibility index (Phi) is 6.10. The Balaban J connectivity index is 1.64. The minimum Gasteiger partial charge on any atom is -0.337 e. The number of hydrogen-bond acceptors (Lipinski definition) is 4. The SMILES string of the molecule is O=C(Nc1ccc(Cl)cc1)N1CCCN(C(=O)c2ccccc2[N+](=O)[O-])CC1. The predicted molar refractivity (Wildman–Crippen MR) is 106 cm³/mol. The number of nitro benzene ring substituents is 1. The van der Waals surface area contributed by atoms with Crippen LogP contribution < -0.4 is 5.32 Å². The normalized spacial score (nSPS) is 14.3. The van der Waals surface area contributed by atoms with Gasteiger partial charge in [0, 0.05) is 43.0 Å². The molecular weight excluding hydrogens is 384 g/mol. The van der Waals surface area contributed by atoms with E-state index in [2.05, 4.69) is 5.32 Å². The summed E-state index contributed by atoms with van der Waals surface area (Å²) in [6.45, 7) is 1.56. The van der Waals surface area contributed by atoms with Gasteiger partial charge in [-0.25, -0.2) is 4.79 Å². The lowest BCUT2D eigenvalue weighted by atomic mass is 10.1. The summed E-state index contributed by atoms with van der Waals surface area (Å²) in [5.41, 5.74) is 0.479. The predicted octanol–water partition coefficient (Wildman–Crippen LogP) is 3.63. The summed E-state index contributed by atoms with van der Waals surface area (Å²) in [5.74, 6) is -0.396. The molecule has 1 saturated heterocycles. The van der Waals surface area contributed by atoms with Crippen molar-refractivity contribution in [2.45, 2.75) is 6.42 Å². The van der Waals surface area contributed by atoms with Crippen molar-refractivity contribution in [1.82, 2.24) is 9.80 Å². The third-order valence-corrected chi connectivity index (χ3v) is 4.75. The minimum atomic E-state index is -0.559. The average molecular weight is 403 g/mol. The van der Waals surface area contributed by atoms with Crippen LogP contribution in [0.25, 0.3) is 0 Å². The quantitative estimate of drug-likeness (QED) is 0.626. The maximum Gasteiger partial charge on any atom is 0.321 e. The Hall–Kier alpha value is -3.13. The Morgan fingerprint density at radius 1 is 0.964 bits per heavy atom. The van der Waals surface area contributed by atoms with Gasteiger partial charge in [-0.1, -0.05) is 23.7 Å². The van der Waals surface area contributed by atoms with Crippen molar-refractivity contribution in [2.24, 2.45) is 0 Å². The van der Waals surface area contributed by atoms with E-state index in [1.54, 1.807) is 40.1 Å². The van der Waals surface area contributed by atoms with Gasteiger partial charge in [0.2, 0.25) is 0 Å². The second kappa shape index (κ2) is 8.71. The highest BCUT2D eigenvalue weighted by Gasteiger charge is 2.27. The summed E-state index contributed by atoms with van der Waals surface area (Å²) in [6.07, 6.45) is 0.584. The number of halogens is 1. The molecule has 0 radical (unpaired) electrons. The standard InChI is InChI=1S/C19H19ClN4O4/c20-14-6-8-15(9-7-14)21-19(26)23-11-3-10-22(12-13-23)18(25)16-4-1-2-5-17(16)24(27)28/h1-2,4-9H,3,10-13H2,(H,21,26). The number of rotatable bonds is 3. The van der Waals surface area contributed by atoms with Crippen molar-refractivity contribution in [1.29, 1.82) is 0 Å². The van der Waals surface area contributed by atoms with Gasteiger partial charge in [-0.15, -0.1) is 0 Å². The van der Waals surface area contributed by atoms with Crippen LogP contribution in [0.3, 0.4) is 0 Å². The number of urea groups is 1. The number of anilines is 1. The van der Waals surface area contributed by atoms with Gasteiger partial charge in [-0.05, 0) is 36.8 Å². The smallest absolute Gasteiger partial charge is 0.321 e. The highest BCUT2D eigenvalue weighted by atomic mass is 35.5. The number of nitrogens with zero attached hydrogens (tertiary/aromatic N) is 3. The number of hydrogen-bond donors (Lipinski definition) is 1. The van der Waals surface area contributed by atoms with Gasteiger partial charge in [0.1, 0.15) is 5.56 Å². The largest absolute Gasteiger partial charge is 0.337 e. The lowest BCUT2D eigenvalue weighted by Gasteiger charge is -2.22. The average Bonchev–Trinajstić information content (AvgIpc) is 2.95. The molecule has 1 aliphatic heterocycles. The molecule has 0 saturated carbocycles. The molecule has 3 amide bonds. The zero-order chi connectivity index (χ0) is 20.1. The van der Waals surface area contributed by atoms with Gasteiger partial charge in [-0.2, -0.15) is 0 Å². The van der Waals surface area contributed by atoms with E-state index < -0.39 is 10.8 Å². The Bertz CT molecular complexity index is 888. The molecule has 2 aromatic rings. The second-order valence-corrected chi connectivity index (χ2v) is 6.78. The van der Waals surface area contributed by atoms with E-state index in [-0.39, 0.29) is 17.3 Å². The molecule has 0 aliphatic carbocycles. The van der Waals surface area contributed by atoms with Gasteiger partial charge in [-0.3, -0.25) is 14.9 Å². The summed E-state index contributed by atoms with van der Waals surface area (Å²) < 4.78 is 0. The molecule has 1 aliphatic rings. The van der Waals surface area contributed by atoms with Crippen molar-refractivity contribution in [2.75, 3.05) is 31.5 Å². The van der Waals surface area contributed by atoms with E-state index >= 15 is 0 Å². The molecule has 2 aromatic carbocycles. The number of nitro groups is 1. The minimum absolute atomic E-state index is 0.0616. The first-order valence-corrected chi connectivity index (χ1v) is 9.17. The van der Waals surface area contributed by atoms with Crippen LogP contribution in [-0.4, -0.2) is 52.8 Å². The number of nitrogens with one attached hydrogen (secondary N) is 1. The molecule has 8 nitrogen and oxygen atoms in total. The van der Waals surface area contributed by atoms with Crippen molar-refractivity contribution in [3.8, 4) is 0 Å². The summed E-state index contributed by atoms with van der Waals surface area (Å²) in [4.78, 5) is 39.1. The van der Waals surface area contributed by atoms with Gasteiger partial charge in [0.05, 0.1) is 4.92 Å². The van der Waals surface area contributed by atoms with Crippen LogP contribution >= 0.6 is 11.6 Å². The van der Waals surface area contributed by atoms with Crippen molar-refractivity contribution >= 4 is 34.9 Å². The number of para-hydroxylation sites is 1. The fourth-order valence-electron chi connectivity index (χ4n) is 3.04. The zero-order valence-electron chi connectivity index (χ0n) is 15.0. The van der Waals surface area contributed by atoms with Crippen LogP contribution in [0.15, 0.2) is 48.5 Å². The van der Waals surface area contributed by atoms with Crippen LogP contribution in [0.2, 0.25) is 5.02 Å². The number of amides is 3. The molecule has 0 atom stereocenters. The molecule has 1 fully saturated rings. The molecule has 1 heterocycles. The maximum absolute atomic E-state index is 12.8. The van der Waals surface area contributed by atoms with Crippen LogP contribution in [0, 0.1) is 10.1 Å². The highest BCUT2D eigenvalue weighted by Crippen LogP contribution is 2.21. The van der Waals surface area contributed by atoms with E-state index in [1.165, 1.54) is 18.2 Å². The summed E-state index contributed by atoms with van der Waals surface area (Å²) in [7, 11) is 0. The number of carbonyl (C=O) groups excluding carboxylic acids is 2. The fourth-order valence-corrected chi connectivity index (χ4v) is 3.17. The summed E-state index contributed by atoms with van der Waals surface area (Å²) in [6, 6.07) is 12.4. The Morgan fingerprint density at radius 3 is 2.32 bits per heavy atom. The molecule has 3 rings (SSSR count). The topological polar surface area (TPSA) is 95.8 Å². The van der Waals surface area contributed by atoms with Crippen LogP contribution in [0.5, 0.6) is 0 Å². The third-order valence-electron chi connectivity index (χ3n) is 4.50. The van der Waals surface area contributed by atoms with Gasteiger partial charge in [0.25, 0.3) is 11.6 Å². The second-order valence-electron chi connectivity index (χ2n) is 6.34. The zero-order valence-corrected chi connectivity index (χ0v) is 15.8. The van der Waals surface area contributed by atoms with E-state index in [1.807, 2.05) is 0 Å². The fraction of sp³-hybridized carbons (Fsp3) is 0.263. The van der Waals surface area contributed by atoms with Gasteiger partial charge < -0.3 is 15.1 Å². The molecule has 0 bridgehead atoms. The van der Waals surface area contributed by atoms with Crippen molar-refractivity contribution in [3.05, 3.63) is 69.2 Å². The molecule has 0 spiro atoms. The third kappa shape index (κ3) is 4.58. The lowest BCUT2D eigenvalue weighted by Crippen LogP contribution is -2.39. The summed E-state index contributed by atoms with van der Waals surface area (Å²) >= 11 is 5.84. The lowest BCUT2D eigenvalue weighted by molar-refractivity contribution is -0.385.